The largest absolute Gasteiger partial charge is 0.444 e. The van der Waals surface area contributed by atoms with E-state index in [0.29, 0.717) is 6.54 Å². The molecule has 0 aliphatic carbocycles. The summed E-state index contributed by atoms with van der Waals surface area (Å²) in [6.07, 6.45) is 4.51. The minimum atomic E-state index is -0.663. The highest BCUT2D eigenvalue weighted by Crippen LogP contribution is 2.24. The Balaban J connectivity index is 2.47. The molecule has 5 nitrogen and oxygen atoms in total. The number of aliphatic hydroxyl groups is 1. The molecule has 0 aromatic heterocycles. The van der Waals surface area contributed by atoms with Crippen LogP contribution in [-0.2, 0) is 4.74 Å². The predicted molar refractivity (Wildman–Crippen MR) is 93.6 cm³/mol. The first-order chi connectivity index (χ1) is 10.5. The van der Waals surface area contributed by atoms with E-state index in [1.807, 2.05) is 32.6 Å². The molecule has 0 saturated carbocycles. The zero-order valence-electron chi connectivity index (χ0n) is 15.8. The lowest BCUT2D eigenvalue weighted by atomic mass is 9.99. The zero-order valence-corrected chi connectivity index (χ0v) is 15.8. The van der Waals surface area contributed by atoms with E-state index in [-0.39, 0.29) is 18.2 Å². The summed E-state index contributed by atoms with van der Waals surface area (Å²) in [5.41, 5.74) is -1.11. The van der Waals surface area contributed by atoms with E-state index in [0.717, 1.165) is 38.6 Å². The van der Waals surface area contributed by atoms with E-state index in [2.05, 4.69) is 19.2 Å². The van der Waals surface area contributed by atoms with Gasteiger partial charge in [0.05, 0.1) is 5.60 Å². The Kier molecular flexibility index (Phi) is 7.33. The molecule has 2 N–H and O–H groups in total. The van der Waals surface area contributed by atoms with Gasteiger partial charge in [-0.05, 0) is 60.3 Å². The van der Waals surface area contributed by atoms with Gasteiger partial charge in [0.25, 0.3) is 0 Å². The summed E-state index contributed by atoms with van der Waals surface area (Å²) < 4.78 is 5.51. The first kappa shape index (κ1) is 20.2. The fourth-order valence-corrected chi connectivity index (χ4v) is 3.15. The number of hydrogen-bond donors (Lipinski definition) is 2. The molecule has 23 heavy (non-hydrogen) atoms. The lowest BCUT2D eigenvalue weighted by Gasteiger charge is -2.31. The molecule has 0 aromatic carbocycles. The molecule has 3 unspecified atom stereocenters. The van der Waals surface area contributed by atoms with E-state index in [4.69, 9.17) is 4.74 Å². The quantitative estimate of drug-likeness (QED) is 0.753. The van der Waals surface area contributed by atoms with Crippen molar-refractivity contribution in [1.29, 1.82) is 0 Å². The molecule has 1 aliphatic rings. The van der Waals surface area contributed by atoms with Crippen LogP contribution in [0.4, 0.5) is 4.79 Å². The Morgan fingerprint density at radius 2 is 2.04 bits per heavy atom. The molecule has 1 amide bonds. The zero-order chi connectivity index (χ0) is 17.7. The molecule has 136 valence electrons. The maximum Gasteiger partial charge on any atom is 0.410 e. The van der Waals surface area contributed by atoms with Crippen molar-refractivity contribution in [3.05, 3.63) is 0 Å². The fraction of sp³-hybridized carbons (Fsp3) is 0.944. The van der Waals surface area contributed by atoms with Crippen molar-refractivity contribution in [2.75, 3.05) is 13.1 Å². The highest BCUT2D eigenvalue weighted by atomic mass is 16.6. The summed E-state index contributed by atoms with van der Waals surface area (Å²) in [7, 11) is 0. The van der Waals surface area contributed by atoms with Gasteiger partial charge in [-0.25, -0.2) is 4.79 Å². The molecule has 1 saturated heterocycles. The lowest BCUT2D eigenvalue weighted by Crippen LogP contribution is -2.45. The topological polar surface area (TPSA) is 61.8 Å². The molecular weight excluding hydrogens is 292 g/mol. The third-order valence-electron chi connectivity index (χ3n) is 4.25. The van der Waals surface area contributed by atoms with Gasteiger partial charge in [0, 0.05) is 25.2 Å². The van der Waals surface area contributed by atoms with Gasteiger partial charge in [-0.1, -0.05) is 13.3 Å². The molecule has 1 fully saturated rings. The van der Waals surface area contributed by atoms with Gasteiger partial charge in [0.1, 0.15) is 5.60 Å². The number of hydrogen-bond acceptors (Lipinski definition) is 4. The van der Waals surface area contributed by atoms with Gasteiger partial charge >= 0.3 is 6.09 Å². The molecule has 5 heteroatoms. The third kappa shape index (κ3) is 7.53. The van der Waals surface area contributed by atoms with Crippen molar-refractivity contribution in [3.63, 3.8) is 0 Å². The molecular formula is C18H36N2O3. The molecule has 0 aromatic rings. The highest BCUT2D eigenvalue weighted by Gasteiger charge is 2.33. The van der Waals surface area contributed by atoms with Crippen molar-refractivity contribution in [2.24, 2.45) is 0 Å². The predicted octanol–water partition coefficient (Wildman–Crippen LogP) is 3.31. The SMILES string of the molecule is CCCC(C)(O)CNC(C)CC1CCCN1C(=O)OC(C)(C)C. The van der Waals surface area contributed by atoms with Crippen molar-refractivity contribution in [3.8, 4) is 0 Å². The van der Waals surface area contributed by atoms with Gasteiger partial charge in [0.15, 0.2) is 0 Å². The standard InChI is InChI=1S/C18H36N2O3/c1-7-10-18(6,22)13-19-14(2)12-15-9-8-11-20(15)16(21)23-17(3,4)5/h14-15,19,22H,7-13H2,1-6H3. The minimum absolute atomic E-state index is 0.204. The van der Waals surface area contributed by atoms with Crippen LogP contribution < -0.4 is 5.32 Å². The van der Waals surface area contributed by atoms with Crippen molar-refractivity contribution >= 4 is 6.09 Å². The number of carbonyl (C=O) groups excluding carboxylic acids is 1. The fourth-order valence-electron chi connectivity index (χ4n) is 3.15. The van der Waals surface area contributed by atoms with Gasteiger partial charge in [0.2, 0.25) is 0 Å². The summed E-state index contributed by atoms with van der Waals surface area (Å²) in [6.45, 7) is 13.1. The first-order valence-corrected chi connectivity index (χ1v) is 8.99. The Bertz CT molecular complexity index is 377. The second kappa shape index (κ2) is 8.34. The van der Waals surface area contributed by atoms with Gasteiger partial charge < -0.3 is 20.1 Å². The van der Waals surface area contributed by atoms with Crippen molar-refractivity contribution < 1.29 is 14.6 Å². The number of nitrogens with zero attached hydrogens (tertiary/aromatic N) is 1. The minimum Gasteiger partial charge on any atom is -0.444 e. The second-order valence-corrected chi connectivity index (χ2v) is 8.23. The summed E-state index contributed by atoms with van der Waals surface area (Å²) >= 11 is 0. The van der Waals surface area contributed by atoms with Gasteiger partial charge in [-0.15, -0.1) is 0 Å². The van der Waals surface area contributed by atoms with E-state index >= 15 is 0 Å². The van der Waals surface area contributed by atoms with Crippen LogP contribution in [0, 0.1) is 0 Å². The Labute approximate surface area is 141 Å². The van der Waals surface area contributed by atoms with Crippen LogP contribution >= 0.6 is 0 Å². The average molecular weight is 328 g/mol. The third-order valence-corrected chi connectivity index (χ3v) is 4.25. The molecule has 0 spiro atoms. The van der Waals surface area contributed by atoms with Gasteiger partial charge in [-0.3, -0.25) is 0 Å². The Morgan fingerprint density at radius 3 is 2.61 bits per heavy atom. The number of nitrogens with one attached hydrogen (secondary N) is 1. The summed E-state index contributed by atoms with van der Waals surface area (Å²) in [5, 5.41) is 13.7. The van der Waals surface area contributed by atoms with Crippen molar-refractivity contribution in [2.45, 2.75) is 96.9 Å². The van der Waals surface area contributed by atoms with E-state index in [9.17, 15) is 9.90 Å². The van der Waals surface area contributed by atoms with Crippen LogP contribution in [0.15, 0.2) is 0 Å². The Hall–Kier alpha value is -0.810. The Morgan fingerprint density at radius 1 is 1.39 bits per heavy atom. The van der Waals surface area contributed by atoms with E-state index in [1.165, 1.54) is 0 Å². The molecule has 1 aliphatic heterocycles. The number of amides is 1. The van der Waals surface area contributed by atoms with Crippen LogP contribution in [0.3, 0.4) is 0 Å². The first-order valence-electron chi connectivity index (χ1n) is 8.99. The molecule has 0 bridgehead atoms. The number of ether oxygens (including phenoxy) is 1. The van der Waals surface area contributed by atoms with Crippen LogP contribution in [0.2, 0.25) is 0 Å². The van der Waals surface area contributed by atoms with Crippen LogP contribution in [0.25, 0.3) is 0 Å². The molecule has 1 heterocycles. The van der Waals surface area contributed by atoms with Crippen LogP contribution in [0.5, 0.6) is 0 Å². The average Bonchev–Trinajstić information content (AvgIpc) is 2.82. The highest BCUT2D eigenvalue weighted by molar-refractivity contribution is 5.68. The van der Waals surface area contributed by atoms with E-state index < -0.39 is 11.2 Å². The van der Waals surface area contributed by atoms with Crippen LogP contribution in [-0.4, -0.2) is 52.5 Å². The number of likely N-dealkylation sites (tertiary alicyclic amines) is 1. The summed E-state index contributed by atoms with van der Waals surface area (Å²) in [5.74, 6) is 0. The molecule has 3 atom stereocenters. The second-order valence-electron chi connectivity index (χ2n) is 8.23. The summed E-state index contributed by atoms with van der Waals surface area (Å²) in [4.78, 5) is 14.2. The maximum atomic E-state index is 12.3. The number of rotatable bonds is 7. The van der Waals surface area contributed by atoms with Crippen molar-refractivity contribution in [1.82, 2.24) is 10.2 Å². The normalized spacial score (nSPS) is 22.7. The van der Waals surface area contributed by atoms with E-state index in [1.54, 1.807) is 0 Å². The molecule has 0 radical (unpaired) electrons. The number of carbonyl (C=O) groups is 1. The van der Waals surface area contributed by atoms with Crippen LogP contribution in [0.1, 0.15) is 73.6 Å². The monoisotopic (exact) mass is 328 g/mol. The maximum absolute atomic E-state index is 12.3. The smallest absolute Gasteiger partial charge is 0.410 e. The summed E-state index contributed by atoms with van der Waals surface area (Å²) in [6, 6.07) is 0.481. The molecule has 1 rings (SSSR count). The van der Waals surface area contributed by atoms with Gasteiger partial charge in [-0.2, -0.15) is 0 Å². The lowest BCUT2D eigenvalue weighted by molar-refractivity contribution is 0.0203.